The van der Waals surface area contributed by atoms with Gasteiger partial charge in [0.25, 0.3) is 6.43 Å². The van der Waals surface area contributed by atoms with E-state index in [9.17, 15) is 8.78 Å². The summed E-state index contributed by atoms with van der Waals surface area (Å²) >= 11 is 0. The van der Waals surface area contributed by atoms with Crippen molar-refractivity contribution in [3.05, 3.63) is 11.6 Å². The standard InChI is InChI=1S/C9H14F2N2O/c1-6(12)7-2-3-9(13-4-7)14-5-8(10)11/h2,4,6,8-9H,3,5,12H2,1H3. The van der Waals surface area contributed by atoms with Crippen molar-refractivity contribution < 1.29 is 13.5 Å². The summed E-state index contributed by atoms with van der Waals surface area (Å²) in [6.45, 7) is 1.28. The summed E-state index contributed by atoms with van der Waals surface area (Å²) in [7, 11) is 0. The fourth-order valence-electron chi connectivity index (χ4n) is 1.12. The molecular weight excluding hydrogens is 190 g/mol. The number of rotatable bonds is 4. The average molecular weight is 204 g/mol. The molecule has 0 radical (unpaired) electrons. The molecule has 14 heavy (non-hydrogen) atoms. The fraction of sp³-hybridized carbons (Fsp3) is 0.667. The summed E-state index contributed by atoms with van der Waals surface area (Å²) in [6, 6.07) is -0.0743. The lowest BCUT2D eigenvalue weighted by molar-refractivity contribution is -0.0196. The third-order valence-corrected chi connectivity index (χ3v) is 1.89. The van der Waals surface area contributed by atoms with Crippen molar-refractivity contribution in [2.45, 2.75) is 32.0 Å². The molecule has 0 bridgehead atoms. The first-order chi connectivity index (χ1) is 6.59. The predicted molar refractivity (Wildman–Crippen MR) is 50.6 cm³/mol. The summed E-state index contributed by atoms with van der Waals surface area (Å²) in [4.78, 5) is 3.98. The van der Waals surface area contributed by atoms with E-state index >= 15 is 0 Å². The Hall–Kier alpha value is -0.810. The molecule has 0 fully saturated rings. The minimum Gasteiger partial charge on any atom is -0.350 e. The van der Waals surface area contributed by atoms with Crippen LogP contribution in [0.2, 0.25) is 0 Å². The van der Waals surface area contributed by atoms with Crippen molar-refractivity contribution in [1.29, 1.82) is 0 Å². The molecule has 1 rings (SSSR count). The van der Waals surface area contributed by atoms with E-state index in [0.29, 0.717) is 6.42 Å². The van der Waals surface area contributed by atoms with Gasteiger partial charge in [-0.05, 0) is 12.5 Å². The first-order valence-electron chi connectivity index (χ1n) is 4.48. The van der Waals surface area contributed by atoms with Gasteiger partial charge in [0.2, 0.25) is 0 Å². The van der Waals surface area contributed by atoms with Crippen LogP contribution in [0.3, 0.4) is 0 Å². The zero-order valence-electron chi connectivity index (χ0n) is 7.99. The molecule has 2 unspecified atom stereocenters. The van der Waals surface area contributed by atoms with E-state index in [-0.39, 0.29) is 6.04 Å². The van der Waals surface area contributed by atoms with Crippen LogP contribution in [0.4, 0.5) is 8.78 Å². The van der Waals surface area contributed by atoms with Gasteiger partial charge in [0.15, 0.2) is 6.23 Å². The lowest BCUT2D eigenvalue weighted by atomic mass is 10.1. The van der Waals surface area contributed by atoms with Gasteiger partial charge in [-0.25, -0.2) is 8.78 Å². The van der Waals surface area contributed by atoms with E-state index in [1.54, 1.807) is 6.21 Å². The van der Waals surface area contributed by atoms with Crippen LogP contribution >= 0.6 is 0 Å². The molecule has 0 aliphatic carbocycles. The lowest BCUT2D eigenvalue weighted by Gasteiger charge is -2.17. The van der Waals surface area contributed by atoms with Gasteiger partial charge >= 0.3 is 0 Å². The van der Waals surface area contributed by atoms with E-state index in [0.717, 1.165) is 5.57 Å². The van der Waals surface area contributed by atoms with Crippen molar-refractivity contribution in [2.24, 2.45) is 10.7 Å². The molecular formula is C9H14F2N2O. The molecule has 80 valence electrons. The number of nitrogens with zero attached hydrogens (tertiary/aromatic N) is 1. The van der Waals surface area contributed by atoms with Gasteiger partial charge < -0.3 is 10.5 Å². The van der Waals surface area contributed by atoms with Gasteiger partial charge in [0.05, 0.1) is 0 Å². The second kappa shape index (κ2) is 5.17. The summed E-state index contributed by atoms with van der Waals surface area (Å²) < 4.78 is 28.4. The lowest BCUT2D eigenvalue weighted by Crippen LogP contribution is -2.24. The number of hydrogen-bond acceptors (Lipinski definition) is 3. The van der Waals surface area contributed by atoms with E-state index in [1.807, 2.05) is 13.0 Å². The third-order valence-electron chi connectivity index (χ3n) is 1.89. The van der Waals surface area contributed by atoms with Crippen LogP contribution in [0, 0.1) is 0 Å². The van der Waals surface area contributed by atoms with Crippen LogP contribution in [0.25, 0.3) is 0 Å². The summed E-state index contributed by atoms with van der Waals surface area (Å²) in [6.07, 6.45) is 1.05. The molecule has 1 aliphatic heterocycles. The van der Waals surface area contributed by atoms with Crippen molar-refractivity contribution >= 4 is 6.21 Å². The zero-order valence-corrected chi connectivity index (χ0v) is 7.99. The van der Waals surface area contributed by atoms with E-state index in [1.165, 1.54) is 0 Å². The van der Waals surface area contributed by atoms with Crippen LogP contribution in [-0.2, 0) is 4.74 Å². The summed E-state index contributed by atoms with van der Waals surface area (Å²) in [5.74, 6) is 0. The van der Waals surface area contributed by atoms with Gasteiger partial charge in [-0.15, -0.1) is 0 Å². The second-order valence-corrected chi connectivity index (χ2v) is 3.19. The summed E-state index contributed by atoms with van der Waals surface area (Å²) in [5, 5.41) is 0. The van der Waals surface area contributed by atoms with Crippen molar-refractivity contribution in [3.8, 4) is 0 Å². The molecule has 2 atom stereocenters. The third kappa shape index (κ3) is 3.51. The van der Waals surface area contributed by atoms with Crippen molar-refractivity contribution in [2.75, 3.05) is 6.61 Å². The number of ether oxygens (including phenoxy) is 1. The average Bonchev–Trinajstić information content (AvgIpc) is 2.15. The van der Waals surface area contributed by atoms with Gasteiger partial charge in [0.1, 0.15) is 6.61 Å². The minimum absolute atomic E-state index is 0.0743. The Labute approximate surface area is 81.6 Å². The Bertz CT molecular complexity index is 239. The maximum absolute atomic E-state index is 11.8. The van der Waals surface area contributed by atoms with Crippen LogP contribution < -0.4 is 5.73 Å². The number of nitrogens with two attached hydrogens (primary N) is 1. The Morgan fingerprint density at radius 3 is 2.86 bits per heavy atom. The Morgan fingerprint density at radius 2 is 2.43 bits per heavy atom. The van der Waals surface area contributed by atoms with E-state index in [4.69, 9.17) is 10.5 Å². The quantitative estimate of drug-likeness (QED) is 0.751. The largest absolute Gasteiger partial charge is 0.350 e. The topological polar surface area (TPSA) is 47.6 Å². The smallest absolute Gasteiger partial charge is 0.261 e. The van der Waals surface area contributed by atoms with Gasteiger partial charge in [-0.2, -0.15) is 0 Å². The van der Waals surface area contributed by atoms with Gasteiger partial charge in [-0.3, -0.25) is 4.99 Å². The van der Waals surface area contributed by atoms with Crippen LogP contribution in [0.5, 0.6) is 0 Å². The molecule has 1 aliphatic rings. The molecule has 2 N–H and O–H groups in total. The highest BCUT2D eigenvalue weighted by atomic mass is 19.3. The van der Waals surface area contributed by atoms with Crippen molar-refractivity contribution in [1.82, 2.24) is 0 Å². The summed E-state index contributed by atoms with van der Waals surface area (Å²) in [5.41, 5.74) is 6.53. The predicted octanol–water partition coefficient (Wildman–Crippen LogP) is 1.34. The SMILES string of the molecule is CC(N)C1=CCC(OCC(F)F)N=C1. The number of dihydropyridines is 1. The zero-order chi connectivity index (χ0) is 10.6. The molecule has 0 aromatic heterocycles. The van der Waals surface area contributed by atoms with E-state index in [2.05, 4.69) is 4.99 Å². The molecule has 0 saturated heterocycles. The Balaban J connectivity index is 2.33. The molecule has 0 saturated carbocycles. The minimum atomic E-state index is -2.44. The molecule has 5 heteroatoms. The van der Waals surface area contributed by atoms with Crippen LogP contribution in [0.15, 0.2) is 16.6 Å². The van der Waals surface area contributed by atoms with Gasteiger partial charge in [0, 0.05) is 18.7 Å². The monoisotopic (exact) mass is 204 g/mol. The number of aliphatic imine (C=N–C) groups is 1. The highest BCUT2D eigenvalue weighted by molar-refractivity contribution is 5.80. The first-order valence-corrected chi connectivity index (χ1v) is 4.48. The first kappa shape index (κ1) is 11.3. The molecule has 0 aromatic rings. The van der Waals surface area contributed by atoms with Gasteiger partial charge in [-0.1, -0.05) is 6.08 Å². The highest BCUT2D eigenvalue weighted by Crippen LogP contribution is 2.12. The second-order valence-electron chi connectivity index (χ2n) is 3.19. The number of alkyl halides is 2. The maximum Gasteiger partial charge on any atom is 0.261 e. The Kier molecular flexibility index (Phi) is 4.16. The van der Waals surface area contributed by atoms with Crippen LogP contribution in [0.1, 0.15) is 13.3 Å². The molecule has 0 spiro atoms. The maximum atomic E-state index is 11.8. The number of hydrogen-bond donors (Lipinski definition) is 1. The van der Waals surface area contributed by atoms with E-state index < -0.39 is 19.3 Å². The van der Waals surface area contributed by atoms with Crippen LogP contribution in [-0.4, -0.2) is 31.5 Å². The molecule has 0 aromatic carbocycles. The molecule has 0 amide bonds. The Morgan fingerprint density at radius 1 is 1.71 bits per heavy atom. The molecule has 3 nitrogen and oxygen atoms in total. The fourth-order valence-corrected chi connectivity index (χ4v) is 1.12. The van der Waals surface area contributed by atoms with Crippen molar-refractivity contribution in [3.63, 3.8) is 0 Å². The number of halogens is 2. The highest BCUT2D eigenvalue weighted by Gasteiger charge is 2.14. The normalized spacial score (nSPS) is 23.8. The molecule has 1 heterocycles.